The van der Waals surface area contributed by atoms with Crippen LogP contribution in [0.5, 0.6) is 11.5 Å². The number of halogens is 1. The largest absolute Gasteiger partial charge is 0.493 e. The highest BCUT2D eigenvalue weighted by Crippen LogP contribution is 2.36. The highest BCUT2D eigenvalue weighted by Gasteiger charge is 2.37. The second-order valence-electron chi connectivity index (χ2n) is 6.24. The first-order chi connectivity index (χ1) is 13.9. The number of allylic oxidation sites excluding steroid dienone is 1. The Morgan fingerprint density at radius 1 is 1.00 bits per heavy atom. The van der Waals surface area contributed by atoms with Gasteiger partial charge in [0.2, 0.25) is 0 Å². The van der Waals surface area contributed by atoms with Crippen LogP contribution in [0, 0.1) is 0 Å². The van der Waals surface area contributed by atoms with Crippen molar-refractivity contribution in [2.75, 3.05) is 26.2 Å². The summed E-state index contributed by atoms with van der Waals surface area (Å²) in [5.74, 6) is 0.225. The van der Waals surface area contributed by atoms with E-state index in [1.807, 2.05) is 12.1 Å². The Hall–Kier alpha value is -3.06. The molecule has 0 spiro atoms. The zero-order chi connectivity index (χ0) is 21.1. The van der Waals surface area contributed by atoms with Crippen LogP contribution >= 0.6 is 15.9 Å². The number of nitrogens with zero attached hydrogens (tertiary/aromatic N) is 1. The van der Waals surface area contributed by atoms with E-state index in [9.17, 15) is 9.59 Å². The first-order valence-electron chi connectivity index (χ1n) is 8.74. The van der Waals surface area contributed by atoms with E-state index < -0.39 is 5.97 Å². The maximum absolute atomic E-state index is 13.3. The molecular formula is C22H20BrNO5. The first kappa shape index (κ1) is 20.7. The van der Waals surface area contributed by atoms with Crippen LogP contribution in [0.4, 0.5) is 5.69 Å². The van der Waals surface area contributed by atoms with Gasteiger partial charge in [0.15, 0.2) is 11.5 Å². The molecule has 0 saturated carbocycles. The molecule has 1 aliphatic heterocycles. The molecule has 0 radical (unpaired) electrons. The summed E-state index contributed by atoms with van der Waals surface area (Å²) < 4.78 is 16.4. The molecule has 0 unspecified atom stereocenters. The number of amides is 1. The normalized spacial score (nSPS) is 15.1. The second kappa shape index (κ2) is 8.53. The first-order valence-corrected chi connectivity index (χ1v) is 9.53. The van der Waals surface area contributed by atoms with Crippen molar-refractivity contribution in [2.24, 2.45) is 0 Å². The molecule has 2 aromatic carbocycles. The summed E-state index contributed by atoms with van der Waals surface area (Å²) in [6.45, 7) is 1.72. The van der Waals surface area contributed by atoms with Crippen LogP contribution < -0.4 is 14.4 Å². The smallest absolute Gasteiger partial charge is 0.340 e. The minimum Gasteiger partial charge on any atom is -0.493 e. The lowest BCUT2D eigenvalue weighted by Crippen LogP contribution is -2.24. The number of benzene rings is 2. The number of anilines is 1. The van der Waals surface area contributed by atoms with Gasteiger partial charge in [-0.1, -0.05) is 22.0 Å². The quantitative estimate of drug-likeness (QED) is 0.493. The van der Waals surface area contributed by atoms with Crippen LogP contribution in [0.2, 0.25) is 0 Å². The number of carbonyl (C=O) groups is 2. The van der Waals surface area contributed by atoms with E-state index in [1.165, 1.54) is 19.1 Å². The molecule has 3 rings (SSSR count). The molecule has 0 bridgehead atoms. The summed E-state index contributed by atoms with van der Waals surface area (Å²) in [5, 5.41) is 0. The van der Waals surface area contributed by atoms with Gasteiger partial charge in [0.05, 0.1) is 32.5 Å². The average molecular weight is 458 g/mol. The monoisotopic (exact) mass is 457 g/mol. The molecule has 0 aromatic heterocycles. The third kappa shape index (κ3) is 3.91. The lowest BCUT2D eigenvalue weighted by molar-refractivity contribution is -0.136. The highest BCUT2D eigenvalue weighted by atomic mass is 79.9. The summed E-state index contributed by atoms with van der Waals surface area (Å²) in [6.07, 6.45) is 1.65. The van der Waals surface area contributed by atoms with Gasteiger partial charge in [0.25, 0.3) is 5.91 Å². The van der Waals surface area contributed by atoms with Crippen molar-refractivity contribution in [1.82, 2.24) is 0 Å². The van der Waals surface area contributed by atoms with E-state index in [-0.39, 0.29) is 17.1 Å². The predicted molar refractivity (Wildman–Crippen MR) is 114 cm³/mol. The predicted octanol–water partition coefficient (Wildman–Crippen LogP) is 4.34. The molecule has 0 aliphatic carbocycles. The highest BCUT2D eigenvalue weighted by molar-refractivity contribution is 9.10. The molecule has 29 heavy (non-hydrogen) atoms. The minimum absolute atomic E-state index is 0.232. The number of carbonyl (C=O) groups excluding carboxylic acids is 2. The standard InChI is InChI=1S/C22H20BrNO5/c1-13-20(22(26)29-4)17(11-14-5-10-18(27-2)19(12-14)28-3)21(25)24(13)16-8-6-15(23)7-9-16/h5-12H,1-4H3/b17-11-. The molecule has 1 amide bonds. The van der Waals surface area contributed by atoms with E-state index in [4.69, 9.17) is 14.2 Å². The van der Waals surface area contributed by atoms with Crippen molar-refractivity contribution in [3.05, 3.63) is 69.3 Å². The van der Waals surface area contributed by atoms with Crippen molar-refractivity contribution in [3.8, 4) is 11.5 Å². The molecule has 1 aliphatic rings. The lowest BCUT2D eigenvalue weighted by Gasteiger charge is -2.18. The van der Waals surface area contributed by atoms with Gasteiger partial charge in [-0.25, -0.2) is 4.79 Å². The van der Waals surface area contributed by atoms with E-state index >= 15 is 0 Å². The van der Waals surface area contributed by atoms with Crippen molar-refractivity contribution in [3.63, 3.8) is 0 Å². The summed E-state index contributed by atoms with van der Waals surface area (Å²) in [7, 11) is 4.38. The topological polar surface area (TPSA) is 65.1 Å². The van der Waals surface area contributed by atoms with Crippen LogP contribution in [-0.4, -0.2) is 33.2 Å². The fourth-order valence-electron chi connectivity index (χ4n) is 3.19. The summed E-state index contributed by atoms with van der Waals surface area (Å²) in [4.78, 5) is 27.2. The number of ether oxygens (including phenoxy) is 3. The number of rotatable bonds is 5. The third-order valence-electron chi connectivity index (χ3n) is 4.59. The Morgan fingerprint density at radius 3 is 2.24 bits per heavy atom. The molecule has 0 fully saturated rings. The van der Waals surface area contributed by atoms with Crippen LogP contribution in [0.3, 0.4) is 0 Å². The van der Waals surface area contributed by atoms with Gasteiger partial charge in [-0.05, 0) is 55.0 Å². The van der Waals surface area contributed by atoms with E-state index in [1.54, 1.807) is 50.4 Å². The van der Waals surface area contributed by atoms with Crippen LogP contribution in [0.15, 0.2) is 63.8 Å². The maximum atomic E-state index is 13.3. The molecule has 150 valence electrons. The molecule has 0 atom stereocenters. The van der Waals surface area contributed by atoms with Crippen LogP contribution in [0.25, 0.3) is 6.08 Å². The second-order valence-corrected chi connectivity index (χ2v) is 7.16. The molecule has 2 aromatic rings. The number of hydrogen-bond acceptors (Lipinski definition) is 5. The van der Waals surface area contributed by atoms with E-state index in [0.29, 0.717) is 28.4 Å². The fraction of sp³-hybridized carbons (Fsp3) is 0.182. The van der Waals surface area contributed by atoms with Crippen molar-refractivity contribution < 1.29 is 23.8 Å². The molecule has 0 saturated heterocycles. The Morgan fingerprint density at radius 2 is 1.66 bits per heavy atom. The molecule has 1 heterocycles. The van der Waals surface area contributed by atoms with Crippen molar-refractivity contribution in [1.29, 1.82) is 0 Å². The van der Waals surface area contributed by atoms with Gasteiger partial charge in [-0.15, -0.1) is 0 Å². The number of hydrogen-bond donors (Lipinski definition) is 0. The molecule has 0 N–H and O–H groups in total. The zero-order valence-electron chi connectivity index (χ0n) is 16.5. The van der Waals surface area contributed by atoms with Crippen LogP contribution in [-0.2, 0) is 14.3 Å². The van der Waals surface area contributed by atoms with Gasteiger partial charge in [0, 0.05) is 15.9 Å². The van der Waals surface area contributed by atoms with Gasteiger partial charge in [-0.3, -0.25) is 9.69 Å². The van der Waals surface area contributed by atoms with E-state index in [0.717, 1.165) is 4.47 Å². The Bertz CT molecular complexity index is 1020. The maximum Gasteiger partial charge on any atom is 0.340 e. The number of esters is 1. The average Bonchev–Trinajstić information content (AvgIpc) is 2.97. The van der Waals surface area contributed by atoms with Crippen LogP contribution in [0.1, 0.15) is 12.5 Å². The Labute approximate surface area is 177 Å². The zero-order valence-corrected chi connectivity index (χ0v) is 18.1. The minimum atomic E-state index is -0.567. The van der Waals surface area contributed by atoms with Gasteiger partial charge in [-0.2, -0.15) is 0 Å². The summed E-state index contributed by atoms with van der Waals surface area (Å²) in [5.41, 5.74) is 2.35. The Balaban J connectivity index is 2.12. The van der Waals surface area contributed by atoms with Gasteiger partial charge < -0.3 is 14.2 Å². The molecule has 6 nitrogen and oxygen atoms in total. The Kier molecular flexibility index (Phi) is 6.08. The summed E-state index contributed by atoms with van der Waals surface area (Å²) >= 11 is 3.39. The number of methoxy groups -OCH3 is 3. The van der Waals surface area contributed by atoms with Gasteiger partial charge >= 0.3 is 5.97 Å². The van der Waals surface area contributed by atoms with Gasteiger partial charge in [0.1, 0.15) is 0 Å². The lowest BCUT2D eigenvalue weighted by atomic mass is 10.0. The molecule has 7 heteroatoms. The molecular weight excluding hydrogens is 438 g/mol. The fourth-order valence-corrected chi connectivity index (χ4v) is 3.45. The SMILES string of the molecule is COC(=O)C1=C(C)N(c2ccc(Br)cc2)C(=O)/C1=C\c1ccc(OC)c(OC)c1. The third-order valence-corrected chi connectivity index (χ3v) is 5.12. The van der Waals surface area contributed by atoms with Crippen molar-refractivity contribution >= 4 is 39.6 Å². The summed E-state index contributed by atoms with van der Waals surface area (Å²) in [6, 6.07) is 12.6. The van der Waals surface area contributed by atoms with E-state index in [2.05, 4.69) is 15.9 Å². The van der Waals surface area contributed by atoms with Crippen molar-refractivity contribution in [2.45, 2.75) is 6.92 Å².